The van der Waals surface area contributed by atoms with Crippen LogP contribution in [0, 0.1) is 0 Å². The van der Waals surface area contributed by atoms with E-state index < -0.39 is 6.04 Å². The number of nitrogens with two attached hydrogens (primary N) is 1. The first-order valence-corrected chi connectivity index (χ1v) is 7.30. The van der Waals surface area contributed by atoms with Crippen LogP contribution >= 0.6 is 35.0 Å². The Morgan fingerprint density at radius 2 is 2.22 bits per heavy atom. The second kappa shape index (κ2) is 7.89. The summed E-state index contributed by atoms with van der Waals surface area (Å²) < 4.78 is 4.55. The zero-order valence-electron chi connectivity index (χ0n) is 9.99. The minimum Gasteiger partial charge on any atom is -0.468 e. The summed E-state index contributed by atoms with van der Waals surface area (Å²) >= 11 is 13.6. The average molecular weight is 308 g/mol. The summed E-state index contributed by atoms with van der Waals surface area (Å²) in [6, 6.07) is 4.82. The fourth-order valence-corrected chi connectivity index (χ4v) is 2.80. The van der Waals surface area contributed by atoms with Gasteiger partial charge in [0.05, 0.1) is 7.11 Å². The minimum absolute atomic E-state index is 0.378. The van der Waals surface area contributed by atoms with Gasteiger partial charge in [-0.15, -0.1) is 0 Å². The largest absolute Gasteiger partial charge is 0.468 e. The van der Waals surface area contributed by atoms with Gasteiger partial charge in [-0.3, -0.25) is 4.79 Å². The molecule has 3 nitrogen and oxygen atoms in total. The van der Waals surface area contributed by atoms with Gasteiger partial charge in [0.25, 0.3) is 0 Å². The Labute approximate surface area is 121 Å². The molecule has 0 spiro atoms. The Kier molecular flexibility index (Phi) is 6.86. The van der Waals surface area contributed by atoms with Gasteiger partial charge in [-0.25, -0.2) is 0 Å². The number of carbonyl (C=O) groups excluding carboxylic acids is 1. The molecule has 1 aromatic rings. The van der Waals surface area contributed by atoms with Gasteiger partial charge in [0, 0.05) is 15.8 Å². The number of thioether (sulfide) groups is 1. The molecule has 0 radical (unpaired) electrons. The minimum atomic E-state index is -0.558. The van der Waals surface area contributed by atoms with E-state index in [2.05, 4.69) is 4.74 Å². The molecule has 0 amide bonds. The normalized spacial score (nSPS) is 12.2. The van der Waals surface area contributed by atoms with Crippen molar-refractivity contribution in [1.82, 2.24) is 0 Å². The van der Waals surface area contributed by atoms with Gasteiger partial charge in [-0.2, -0.15) is 11.8 Å². The summed E-state index contributed by atoms with van der Waals surface area (Å²) in [5.74, 6) is 1.13. The molecule has 0 aliphatic rings. The van der Waals surface area contributed by atoms with Crippen molar-refractivity contribution in [3.8, 4) is 0 Å². The molecule has 0 aromatic heterocycles. The highest BCUT2D eigenvalue weighted by molar-refractivity contribution is 7.98. The Morgan fingerprint density at radius 3 is 2.89 bits per heavy atom. The lowest BCUT2D eigenvalue weighted by Crippen LogP contribution is -2.31. The van der Waals surface area contributed by atoms with Crippen molar-refractivity contribution in [3.05, 3.63) is 33.8 Å². The highest BCUT2D eigenvalue weighted by Crippen LogP contribution is 2.25. The Bertz CT molecular complexity index is 415. The predicted octanol–water partition coefficient (Wildman–Crippen LogP) is 3.12. The van der Waals surface area contributed by atoms with Crippen molar-refractivity contribution in [3.63, 3.8) is 0 Å². The van der Waals surface area contributed by atoms with Crippen molar-refractivity contribution >= 4 is 40.9 Å². The quantitative estimate of drug-likeness (QED) is 0.648. The van der Waals surface area contributed by atoms with Crippen LogP contribution in [0.15, 0.2) is 18.2 Å². The molecule has 1 aromatic carbocycles. The van der Waals surface area contributed by atoms with Crippen LogP contribution in [0.5, 0.6) is 0 Å². The van der Waals surface area contributed by atoms with Crippen LogP contribution < -0.4 is 5.73 Å². The maximum atomic E-state index is 11.1. The lowest BCUT2D eigenvalue weighted by molar-refractivity contribution is -0.142. The van der Waals surface area contributed by atoms with Gasteiger partial charge in [-0.1, -0.05) is 23.2 Å². The van der Waals surface area contributed by atoms with Gasteiger partial charge in [0.1, 0.15) is 6.04 Å². The zero-order chi connectivity index (χ0) is 13.5. The Balaban J connectivity index is 2.34. The van der Waals surface area contributed by atoms with Crippen LogP contribution in [0.3, 0.4) is 0 Å². The SMILES string of the molecule is COC(=O)C(N)CCSCc1cc(Cl)ccc1Cl. The number of methoxy groups -OCH3 is 1. The molecule has 0 saturated heterocycles. The monoisotopic (exact) mass is 307 g/mol. The van der Waals surface area contributed by atoms with Crippen LogP contribution in [0.1, 0.15) is 12.0 Å². The third-order valence-electron chi connectivity index (χ3n) is 2.34. The first-order chi connectivity index (χ1) is 8.54. The van der Waals surface area contributed by atoms with E-state index in [0.717, 1.165) is 17.1 Å². The van der Waals surface area contributed by atoms with Gasteiger partial charge >= 0.3 is 5.97 Å². The van der Waals surface area contributed by atoms with E-state index in [4.69, 9.17) is 28.9 Å². The fraction of sp³-hybridized carbons (Fsp3) is 0.417. The van der Waals surface area contributed by atoms with Crippen molar-refractivity contribution in [2.75, 3.05) is 12.9 Å². The highest BCUT2D eigenvalue weighted by Gasteiger charge is 2.12. The molecule has 18 heavy (non-hydrogen) atoms. The third kappa shape index (κ3) is 5.06. The van der Waals surface area contributed by atoms with E-state index in [0.29, 0.717) is 16.5 Å². The van der Waals surface area contributed by atoms with Crippen LogP contribution in [0.25, 0.3) is 0 Å². The summed E-state index contributed by atoms with van der Waals surface area (Å²) in [4.78, 5) is 11.1. The van der Waals surface area contributed by atoms with Crippen LogP contribution in [-0.2, 0) is 15.3 Å². The number of benzene rings is 1. The first-order valence-electron chi connectivity index (χ1n) is 5.39. The molecule has 1 rings (SSSR count). The predicted molar refractivity (Wildman–Crippen MR) is 77.2 cm³/mol. The molecule has 1 atom stereocenters. The van der Waals surface area contributed by atoms with Crippen molar-refractivity contribution in [1.29, 1.82) is 0 Å². The zero-order valence-corrected chi connectivity index (χ0v) is 12.3. The highest BCUT2D eigenvalue weighted by atomic mass is 35.5. The standard InChI is InChI=1S/C12H15Cl2NO2S/c1-17-12(16)11(15)4-5-18-7-8-6-9(13)2-3-10(8)14/h2-3,6,11H,4-5,7,15H2,1H3. The van der Waals surface area contributed by atoms with Crippen LogP contribution in [0.4, 0.5) is 0 Å². The van der Waals surface area contributed by atoms with E-state index in [1.54, 1.807) is 23.9 Å². The lowest BCUT2D eigenvalue weighted by atomic mass is 10.2. The van der Waals surface area contributed by atoms with Gasteiger partial charge in [0.15, 0.2) is 0 Å². The summed E-state index contributed by atoms with van der Waals surface area (Å²) in [6.07, 6.45) is 0.579. The number of esters is 1. The van der Waals surface area contributed by atoms with E-state index >= 15 is 0 Å². The summed E-state index contributed by atoms with van der Waals surface area (Å²) in [5.41, 5.74) is 6.61. The average Bonchev–Trinajstić information content (AvgIpc) is 2.37. The molecular weight excluding hydrogens is 293 g/mol. The topological polar surface area (TPSA) is 52.3 Å². The fourth-order valence-electron chi connectivity index (χ4n) is 1.32. The smallest absolute Gasteiger partial charge is 0.322 e. The van der Waals surface area contributed by atoms with E-state index in [9.17, 15) is 4.79 Å². The van der Waals surface area contributed by atoms with E-state index in [-0.39, 0.29) is 5.97 Å². The number of hydrogen-bond acceptors (Lipinski definition) is 4. The van der Waals surface area contributed by atoms with E-state index in [1.807, 2.05) is 6.07 Å². The molecule has 100 valence electrons. The van der Waals surface area contributed by atoms with Gasteiger partial charge in [-0.05, 0) is 35.9 Å². The summed E-state index contributed by atoms with van der Waals surface area (Å²) in [5, 5.41) is 1.37. The molecule has 0 aliphatic heterocycles. The second-order valence-electron chi connectivity index (χ2n) is 3.71. The molecular formula is C12H15Cl2NO2S. The van der Waals surface area contributed by atoms with Crippen LogP contribution in [0.2, 0.25) is 10.0 Å². The number of halogens is 2. The summed E-state index contributed by atoms with van der Waals surface area (Å²) in [6.45, 7) is 0. The molecule has 0 aliphatic carbocycles. The maximum Gasteiger partial charge on any atom is 0.322 e. The maximum absolute atomic E-state index is 11.1. The molecule has 0 heterocycles. The molecule has 0 saturated carbocycles. The molecule has 1 unspecified atom stereocenters. The van der Waals surface area contributed by atoms with Crippen molar-refractivity contribution < 1.29 is 9.53 Å². The molecule has 6 heteroatoms. The number of carbonyl (C=O) groups is 1. The second-order valence-corrected chi connectivity index (χ2v) is 5.66. The molecule has 2 N–H and O–H groups in total. The van der Waals surface area contributed by atoms with Gasteiger partial charge < -0.3 is 10.5 Å². The first kappa shape index (κ1) is 15.6. The summed E-state index contributed by atoms with van der Waals surface area (Å²) in [7, 11) is 1.33. The number of ether oxygens (including phenoxy) is 1. The Hall–Kier alpha value is -0.420. The van der Waals surface area contributed by atoms with Crippen molar-refractivity contribution in [2.24, 2.45) is 5.73 Å². The number of rotatable bonds is 6. The van der Waals surface area contributed by atoms with Crippen LogP contribution in [-0.4, -0.2) is 24.9 Å². The third-order valence-corrected chi connectivity index (χ3v) is 3.99. The van der Waals surface area contributed by atoms with E-state index in [1.165, 1.54) is 7.11 Å². The lowest BCUT2D eigenvalue weighted by Gasteiger charge is -2.09. The Morgan fingerprint density at radius 1 is 1.50 bits per heavy atom. The van der Waals surface area contributed by atoms with Crippen molar-refractivity contribution in [2.45, 2.75) is 18.2 Å². The molecule has 0 bridgehead atoms. The molecule has 0 fully saturated rings. The van der Waals surface area contributed by atoms with Gasteiger partial charge in [0.2, 0.25) is 0 Å². The number of hydrogen-bond donors (Lipinski definition) is 1.